The number of rotatable bonds is 10. The van der Waals surface area contributed by atoms with Gasteiger partial charge in [0.15, 0.2) is 0 Å². The summed E-state index contributed by atoms with van der Waals surface area (Å²) in [5.74, 6) is -0.902. The fraction of sp³-hybridized carbons (Fsp3) is 0.273. The van der Waals surface area contributed by atoms with Crippen molar-refractivity contribution in [2.45, 2.75) is 12.6 Å². The number of benzene rings is 2. The molecule has 2 amide bonds. The number of likely N-dealkylation sites (N-methyl/N-ethyl adjacent to an activating group) is 1. The Bertz CT molecular complexity index is 1010. The summed E-state index contributed by atoms with van der Waals surface area (Å²) >= 11 is 5.97. The molecule has 166 valence electrons. The highest BCUT2D eigenvalue weighted by Crippen LogP contribution is 2.25. The van der Waals surface area contributed by atoms with Crippen molar-refractivity contribution in [1.82, 2.24) is 14.5 Å². The van der Waals surface area contributed by atoms with Crippen molar-refractivity contribution < 1.29 is 18.0 Å². The first-order chi connectivity index (χ1) is 14.6. The van der Waals surface area contributed by atoms with Crippen LogP contribution in [0.5, 0.6) is 0 Å². The van der Waals surface area contributed by atoms with Crippen LogP contribution in [0.4, 0.5) is 0 Å². The van der Waals surface area contributed by atoms with Gasteiger partial charge < -0.3 is 10.2 Å². The molecule has 0 spiro atoms. The summed E-state index contributed by atoms with van der Waals surface area (Å²) in [7, 11) is -2.26. The number of halogens is 1. The lowest BCUT2D eigenvalue weighted by molar-refractivity contribution is -0.141. The Kier molecular flexibility index (Phi) is 8.79. The molecule has 31 heavy (non-hydrogen) atoms. The molecule has 0 aliphatic heterocycles. The third kappa shape index (κ3) is 7.20. The quantitative estimate of drug-likeness (QED) is 0.549. The lowest BCUT2D eigenvalue weighted by Gasteiger charge is -2.32. The van der Waals surface area contributed by atoms with Crippen molar-refractivity contribution in [3.05, 3.63) is 83.4 Å². The second-order valence-electron chi connectivity index (χ2n) is 7.01. The summed E-state index contributed by atoms with van der Waals surface area (Å²) in [6.45, 7) is 3.53. The van der Waals surface area contributed by atoms with Gasteiger partial charge in [0.1, 0.15) is 6.04 Å². The number of nitrogens with zero attached hydrogens (tertiary/aromatic N) is 2. The summed E-state index contributed by atoms with van der Waals surface area (Å²) in [6, 6.07) is 14.8. The Morgan fingerprint density at radius 1 is 1.13 bits per heavy atom. The van der Waals surface area contributed by atoms with Gasteiger partial charge in [-0.25, -0.2) is 8.42 Å². The minimum absolute atomic E-state index is 0.0919. The Morgan fingerprint density at radius 3 is 2.29 bits per heavy atom. The maximum absolute atomic E-state index is 13.3. The topological polar surface area (TPSA) is 86.8 Å². The highest BCUT2D eigenvalue weighted by atomic mass is 35.5. The van der Waals surface area contributed by atoms with Gasteiger partial charge in [-0.2, -0.15) is 4.31 Å². The smallest absolute Gasteiger partial charge is 0.247 e. The van der Waals surface area contributed by atoms with Gasteiger partial charge in [-0.1, -0.05) is 60.1 Å². The SMILES string of the molecule is C=CCNC(=O)[C@@H](c1ccccc1)N(Cc1ccc(Cl)cc1)C(=O)CN(C)S(C)(=O)=O. The largest absolute Gasteiger partial charge is 0.351 e. The van der Waals surface area contributed by atoms with Crippen molar-refractivity contribution in [3.8, 4) is 0 Å². The van der Waals surface area contributed by atoms with Gasteiger partial charge in [0.05, 0.1) is 12.8 Å². The number of carbonyl (C=O) groups is 2. The van der Waals surface area contributed by atoms with E-state index < -0.39 is 34.4 Å². The van der Waals surface area contributed by atoms with Gasteiger partial charge >= 0.3 is 0 Å². The van der Waals surface area contributed by atoms with Gasteiger partial charge in [-0.3, -0.25) is 9.59 Å². The third-order valence-electron chi connectivity index (χ3n) is 4.61. The third-order valence-corrected chi connectivity index (χ3v) is 6.12. The minimum atomic E-state index is -3.58. The maximum Gasteiger partial charge on any atom is 0.247 e. The number of carbonyl (C=O) groups excluding carboxylic acids is 2. The molecule has 0 aromatic heterocycles. The molecule has 0 aliphatic rings. The molecule has 9 heteroatoms. The average molecular weight is 464 g/mol. The van der Waals surface area contributed by atoms with Crippen LogP contribution in [-0.4, -0.2) is 55.8 Å². The van der Waals surface area contributed by atoms with E-state index in [0.717, 1.165) is 16.1 Å². The van der Waals surface area contributed by atoms with Gasteiger partial charge in [0.2, 0.25) is 21.8 Å². The van der Waals surface area contributed by atoms with E-state index in [9.17, 15) is 18.0 Å². The van der Waals surface area contributed by atoms with Gasteiger partial charge in [-0.05, 0) is 23.3 Å². The van der Waals surface area contributed by atoms with Crippen molar-refractivity contribution in [2.24, 2.45) is 0 Å². The molecule has 2 aromatic carbocycles. The molecule has 0 heterocycles. The molecule has 0 bridgehead atoms. The molecule has 0 saturated heterocycles. The van der Waals surface area contributed by atoms with Crippen molar-refractivity contribution >= 4 is 33.4 Å². The summed E-state index contributed by atoms with van der Waals surface area (Å²) in [5, 5.41) is 3.28. The number of amides is 2. The molecule has 1 atom stereocenters. The second kappa shape index (κ2) is 11.1. The average Bonchev–Trinajstić information content (AvgIpc) is 2.73. The fourth-order valence-electron chi connectivity index (χ4n) is 2.89. The predicted molar refractivity (Wildman–Crippen MR) is 122 cm³/mol. The first kappa shape index (κ1) is 24.6. The fourth-order valence-corrected chi connectivity index (χ4v) is 3.36. The van der Waals surface area contributed by atoms with Crippen LogP contribution < -0.4 is 5.32 Å². The van der Waals surface area contributed by atoms with E-state index in [1.165, 1.54) is 11.9 Å². The predicted octanol–water partition coefficient (Wildman–Crippen LogP) is 2.60. The van der Waals surface area contributed by atoms with Crippen molar-refractivity contribution in [1.29, 1.82) is 0 Å². The van der Waals surface area contributed by atoms with Gasteiger partial charge in [0, 0.05) is 25.2 Å². The molecule has 0 saturated carbocycles. The van der Waals surface area contributed by atoms with Gasteiger partial charge in [-0.15, -0.1) is 6.58 Å². The molecule has 0 unspecified atom stereocenters. The number of sulfonamides is 1. The maximum atomic E-state index is 13.3. The Labute approximate surface area is 188 Å². The summed E-state index contributed by atoms with van der Waals surface area (Å²) in [4.78, 5) is 27.7. The minimum Gasteiger partial charge on any atom is -0.351 e. The van der Waals surface area contributed by atoms with Crippen LogP contribution in [-0.2, 0) is 26.2 Å². The standard InChI is InChI=1S/C22H26ClN3O4S/c1-4-14-24-22(28)21(18-8-6-5-7-9-18)26(15-17-10-12-19(23)13-11-17)20(27)16-25(2)31(3,29)30/h4-13,21H,1,14-16H2,2-3H3,(H,24,28)/t21-/m1/s1. The van der Waals surface area contributed by atoms with Crippen LogP contribution in [0.25, 0.3) is 0 Å². The van der Waals surface area contributed by atoms with Crippen LogP contribution in [0.2, 0.25) is 5.02 Å². The summed E-state index contributed by atoms with van der Waals surface area (Å²) in [6.07, 6.45) is 2.57. The molecular formula is C22H26ClN3O4S. The molecule has 0 radical (unpaired) electrons. The van der Waals surface area contributed by atoms with Crippen LogP contribution >= 0.6 is 11.6 Å². The first-order valence-electron chi connectivity index (χ1n) is 9.52. The summed E-state index contributed by atoms with van der Waals surface area (Å²) < 4.78 is 24.7. The Morgan fingerprint density at radius 2 is 1.74 bits per heavy atom. The second-order valence-corrected chi connectivity index (χ2v) is 9.54. The number of hydrogen-bond donors (Lipinski definition) is 1. The highest BCUT2D eigenvalue weighted by Gasteiger charge is 2.32. The zero-order chi connectivity index (χ0) is 23.0. The van der Waals surface area contributed by atoms with Crippen LogP contribution in [0, 0.1) is 0 Å². The lowest BCUT2D eigenvalue weighted by atomic mass is 10.0. The van der Waals surface area contributed by atoms with E-state index in [2.05, 4.69) is 11.9 Å². The molecule has 7 nitrogen and oxygen atoms in total. The van der Waals surface area contributed by atoms with E-state index in [1.807, 2.05) is 6.07 Å². The van der Waals surface area contributed by atoms with Crippen LogP contribution in [0.3, 0.4) is 0 Å². The Hall–Kier alpha value is -2.68. The normalized spacial score (nSPS) is 12.3. The molecule has 0 fully saturated rings. The van der Waals surface area contributed by atoms with Crippen LogP contribution in [0.1, 0.15) is 17.2 Å². The molecule has 0 aliphatic carbocycles. The van der Waals surface area contributed by atoms with E-state index in [0.29, 0.717) is 10.6 Å². The number of hydrogen-bond acceptors (Lipinski definition) is 4. The van der Waals surface area contributed by atoms with E-state index >= 15 is 0 Å². The zero-order valence-electron chi connectivity index (χ0n) is 17.5. The van der Waals surface area contributed by atoms with Crippen LogP contribution in [0.15, 0.2) is 67.3 Å². The van der Waals surface area contributed by atoms with Crippen molar-refractivity contribution in [2.75, 3.05) is 26.4 Å². The first-order valence-corrected chi connectivity index (χ1v) is 11.7. The van der Waals surface area contributed by atoms with E-state index in [-0.39, 0.29) is 13.1 Å². The van der Waals surface area contributed by atoms with Crippen molar-refractivity contribution in [3.63, 3.8) is 0 Å². The van der Waals surface area contributed by atoms with E-state index in [4.69, 9.17) is 11.6 Å². The molecular weight excluding hydrogens is 438 g/mol. The summed E-state index contributed by atoms with van der Waals surface area (Å²) in [5.41, 5.74) is 1.35. The molecule has 2 aromatic rings. The van der Waals surface area contributed by atoms with Gasteiger partial charge in [0.25, 0.3) is 0 Å². The monoisotopic (exact) mass is 463 g/mol. The molecule has 1 N–H and O–H groups in total. The Balaban J connectivity index is 2.48. The number of nitrogens with one attached hydrogen (secondary N) is 1. The molecule has 2 rings (SSSR count). The van der Waals surface area contributed by atoms with E-state index in [1.54, 1.807) is 54.6 Å². The highest BCUT2D eigenvalue weighted by molar-refractivity contribution is 7.88. The lowest BCUT2D eigenvalue weighted by Crippen LogP contribution is -2.47. The zero-order valence-corrected chi connectivity index (χ0v) is 19.1.